The van der Waals surface area contributed by atoms with E-state index in [2.05, 4.69) is 43.4 Å². The lowest BCUT2D eigenvalue weighted by molar-refractivity contribution is -0.145. The highest BCUT2D eigenvalue weighted by Gasteiger charge is 2.51. The van der Waals surface area contributed by atoms with Crippen LogP contribution in [0.4, 0.5) is 0 Å². The Morgan fingerprint density at radius 2 is 1.78 bits per heavy atom. The second-order valence-corrected chi connectivity index (χ2v) is 8.30. The number of imide groups is 1. The molecular formula is C22H30N2O3. The van der Waals surface area contributed by atoms with E-state index in [0.29, 0.717) is 12.5 Å². The lowest BCUT2D eigenvalue weighted by atomic mass is 9.73. The summed E-state index contributed by atoms with van der Waals surface area (Å²) in [5, 5.41) is 2.84. The smallest absolute Gasteiger partial charge is 0.240 e. The van der Waals surface area contributed by atoms with E-state index >= 15 is 0 Å². The molecule has 1 heterocycles. The molecule has 1 aromatic carbocycles. The van der Waals surface area contributed by atoms with Crippen molar-refractivity contribution < 1.29 is 14.4 Å². The number of likely N-dealkylation sites (tertiary alicyclic amines) is 1. The van der Waals surface area contributed by atoms with Gasteiger partial charge in [-0.1, -0.05) is 57.4 Å². The van der Waals surface area contributed by atoms with Crippen molar-refractivity contribution in [2.45, 2.75) is 64.7 Å². The van der Waals surface area contributed by atoms with Gasteiger partial charge in [-0.25, -0.2) is 0 Å². The second-order valence-electron chi connectivity index (χ2n) is 8.30. The van der Waals surface area contributed by atoms with Crippen LogP contribution in [0.1, 0.15) is 69.4 Å². The van der Waals surface area contributed by atoms with Crippen LogP contribution < -0.4 is 5.32 Å². The quantitative estimate of drug-likeness (QED) is 0.782. The number of carbonyl (C=O) groups excluding carboxylic acids is 3. The lowest BCUT2D eigenvalue weighted by Crippen LogP contribution is -2.43. The molecule has 1 saturated heterocycles. The Balaban J connectivity index is 1.47. The van der Waals surface area contributed by atoms with Crippen LogP contribution in [-0.4, -0.2) is 35.7 Å². The zero-order valence-electron chi connectivity index (χ0n) is 16.4. The fraction of sp³-hybridized carbons (Fsp3) is 0.591. The molecule has 5 heteroatoms. The zero-order valence-corrected chi connectivity index (χ0v) is 16.4. The van der Waals surface area contributed by atoms with E-state index in [-0.39, 0.29) is 30.7 Å². The minimum absolute atomic E-state index is 0.133. The molecule has 3 rings (SSSR count). The summed E-state index contributed by atoms with van der Waals surface area (Å²) < 4.78 is 0. The monoisotopic (exact) mass is 370 g/mol. The van der Waals surface area contributed by atoms with Gasteiger partial charge in [0.25, 0.3) is 0 Å². The minimum Gasteiger partial charge on any atom is -0.354 e. The highest BCUT2D eigenvalue weighted by molar-refractivity contribution is 6.08. The van der Waals surface area contributed by atoms with E-state index in [9.17, 15) is 14.4 Å². The number of carbonyl (C=O) groups is 3. The van der Waals surface area contributed by atoms with Crippen LogP contribution in [0.25, 0.3) is 0 Å². The molecule has 0 aromatic heterocycles. The first-order valence-corrected chi connectivity index (χ1v) is 10.1. The average Bonchev–Trinajstić information content (AvgIpc) is 2.87. The van der Waals surface area contributed by atoms with E-state index in [4.69, 9.17) is 0 Å². The lowest BCUT2D eigenvalue weighted by Gasteiger charge is -2.30. The molecule has 27 heavy (non-hydrogen) atoms. The number of hydrogen-bond acceptors (Lipinski definition) is 3. The zero-order chi connectivity index (χ0) is 19.4. The molecule has 1 saturated carbocycles. The Hall–Kier alpha value is -2.17. The van der Waals surface area contributed by atoms with Crippen LogP contribution >= 0.6 is 0 Å². The molecule has 1 aliphatic carbocycles. The average molecular weight is 370 g/mol. The Kier molecular flexibility index (Phi) is 5.98. The van der Waals surface area contributed by atoms with Crippen molar-refractivity contribution in [3.8, 4) is 0 Å². The van der Waals surface area contributed by atoms with Gasteiger partial charge < -0.3 is 5.32 Å². The van der Waals surface area contributed by atoms with Crippen molar-refractivity contribution in [1.82, 2.24) is 10.2 Å². The summed E-state index contributed by atoms with van der Waals surface area (Å²) >= 11 is 0. The number of benzene rings is 1. The summed E-state index contributed by atoms with van der Waals surface area (Å²) in [7, 11) is 0. The van der Waals surface area contributed by atoms with E-state index in [0.717, 1.165) is 44.1 Å². The molecule has 0 unspecified atom stereocenters. The summed E-state index contributed by atoms with van der Waals surface area (Å²) in [6, 6.07) is 8.41. The van der Waals surface area contributed by atoms with Gasteiger partial charge in [0.15, 0.2) is 0 Å². The van der Waals surface area contributed by atoms with E-state index in [1.165, 1.54) is 10.5 Å². The summed E-state index contributed by atoms with van der Waals surface area (Å²) in [5.41, 5.74) is 1.94. The van der Waals surface area contributed by atoms with Crippen molar-refractivity contribution in [3.63, 3.8) is 0 Å². The number of amides is 3. The molecule has 146 valence electrons. The maximum atomic E-state index is 12.7. The summed E-state index contributed by atoms with van der Waals surface area (Å²) in [4.78, 5) is 38.5. The SMILES string of the molecule is CC(C)c1ccc(CCNC(=O)CN2C(=O)CC3(CCCCC3)C2=O)cc1. The Morgan fingerprint density at radius 3 is 2.41 bits per heavy atom. The summed E-state index contributed by atoms with van der Waals surface area (Å²) in [5.74, 6) is -0.0851. The first-order chi connectivity index (χ1) is 12.9. The first kappa shape index (κ1) is 19.6. The molecular weight excluding hydrogens is 340 g/mol. The van der Waals surface area contributed by atoms with E-state index in [1.54, 1.807) is 0 Å². The van der Waals surface area contributed by atoms with Crippen LogP contribution in [-0.2, 0) is 20.8 Å². The van der Waals surface area contributed by atoms with Gasteiger partial charge in [0, 0.05) is 13.0 Å². The third-order valence-corrected chi connectivity index (χ3v) is 5.98. The molecule has 1 aromatic rings. The van der Waals surface area contributed by atoms with Gasteiger partial charge in [0.05, 0.1) is 5.41 Å². The van der Waals surface area contributed by atoms with Crippen molar-refractivity contribution >= 4 is 17.7 Å². The third kappa shape index (κ3) is 4.40. The predicted molar refractivity (Wildman–Crippen MR) is 104 cm³/mol. The van der Waals surface area contributed by atoms with Crippen molar-refractivity contribution in [1.29, 1.82) is 0 Å². The second kappa shape index (κ2) is 8.24. The van der Waals surface area contributed by atoms with Gasteiger partial charge >= 0.3 is 0 Å². The predicted octanol–water partition coefficient (Wildman–Crippen LogP) is 3.18. The molecule has 1 N–H and O–H groups in total. The molecule has 2 aliphatic rings. The standard InChI is InChI=1S/C22H30N2O3/c1-16(2)18-8-6-17(7-9-18)10-13-23-19(25)15-24-20(26)14-22(21(24)27)11-4-3-5-12-22/h6-9,16H,3-5,10-15H2,1-2H3,(H,23,25). The van der Waals surface area contributed by atoms with Gasteiger partial charge in [-0.15, -0.1) is 0 Å². The van der Waals surface area contributed by atoms with Crippen LogP contribution in [0.2, 0.25) is 0 Å². The van der Waals surface area contributed by atoms with Crippen molar-refractivity contribution in [2.75, 3.05) is 13.1 Å². The number of nitrogens with one attached hydrogen (secondary N) is 1. The normalized spacial score (nSPS) is 19.1. The maximum absolute atomic E-state index is 12.7. The van der Waals surface area contributed by atoms with Crippen molar-refractivity contribution in [2.24, 2.45) is 5.41 Å². The van der Waals surface area contributed by atoms with Crippen LogP contribution in [0.15, 0.2) is 24.3 Å². The van der Waals surface area contributed by atoms with Gasteiger partial charge in [-0.3, -0.25) is 19.3 Å². The largest absolute Gasteiger partial charge is 0.354 e. The topological polar surface area (TPSA) is 66.5 Å². The molecule has 1 aliphatic heterocycles. The van der Waals surface area contributed by atoms with Crippen LogP contribution in [0, 0.1) is 5.41 Å². The Labute approximate surface area is 161 Å². The Morgan fingerprint density at radius 1 is 1.11 bits per heavy atom. The van der Waals surface area contributed by atoms with Crippen LogP contribution in [0.3, 0.4) is 0 Å². The molecule has 2 fully saturated rings. The molecule has 0 atom stereocenters. The minimum atomic E-state index is -0.520. The molecule has 0 radical (unpaired) electrons. The fourth-order valence-electron chi connectivity index (χ4n) is 4.25. The summed E-state index contributed by atoms with van der Waals surface area (Å²) in [6.07, 6.45) is 5.69. The third-order valence-electron chi connectivity index (χ3n) is 5.98. The number of rotatable bonds is 6. The highest BCUT2D eigenvalue weighted by Crippen LogP contribution is 2.45. The molecule has 0 bridgehead atoms. The van der Waals surface area contributed by atoms with E-state index < -0.39 is 5.41 Å². The van der Waals surface area contributed by atoms with Gasteiger partial charge in [0.1, 0.15) is 6.54 Å². The maximum Gasteiger partial charge on any atom is 0.240 e. The number of hydrogen-bond donors (Lipinski definition) is 1. The molecule has 5 nitrogen and oxygen atoms in total. The van der Waals surface area contributed by atoms with Gasteiger partial charge in [-0.05, 0) is 36.3 Å². The first-order valence-electron chi connectivity index (χ1n) is 10.1. The summed E-state index contributed by atoms with van der Waals surface area (Å²) in [6.45, 7) is 4.67. The molecule has 1 spiro atoms. The highest BCUT2D eigenvalue weighted by atomic mass is 16.2. The van der Waals surface area contributed by atoms with Gasteiger partial charge in [0.2, 0.25) is 17.7 Å². The van der Waals surface area contributed by atoms with Crippen LogP contribution in [0.5, 0.6) is 0 Å². The molecule has 3 amide bonds. The number of nitrogens with zero attached hydrogens (tertiary/aromatic N) is 1. The Bertz CT molecular complexity index is 703. The van der Waals surface area contributed by atoms with E-state index in [1.807, 2.05) is 0 Å². The van der Waals surface area contributed by atoms with Crippen molar-refractivity contribution in [3.05, 3.63) is 35.4 Å². The fourth-order valence-corrected chi connectivity index (χ4v) is 4.25. The van der Waals surface area contributed by atoms with Gasteiger partial charge in [-0.2, -0.15) is 0 Å².